The Morgan fingerprint density at radius 1 is 0.793 bits per heavy atom. The first-order valence-corrected chi connectivity index (χ1v) is 26.4. The molecule has 4 heterocycles. The molecule has 0 radical (unpaired) electrons. The number of amides is 3. The zero-order valence-corrected chi connectivity index (χ0v) is 46.4. The number of benzene rings is 4. The van der Waals surface area contributed by atoms with Crippen LogP contribution in [0.3, 0.4) is 0 Å². The average Bonchev–Trinajstić information content (AvgIpc) is 1.88. The number of nitrogens with zero attached hydrogens (tertiary/aromatic N) is 4. The number of carboxylic acids is 1. The van der Waals surface area contributed by atoms with Gasteiger partial charge >= 0.3 is 18.1 Å². The number of ether oxygens (including phenoxy) is 6. The summed E-state index contributed by atoms with van der Waals surface area (Å²) in [5.74, 6) is -17.7. The first-order valence-electron chi connectivity index (χ1n) is 26.4. The fourth-order valence-electron chi connectivity index (χ4n) is 9.42. The van der Waals surface area contributed by atoms with Gasteiger partial charge in [-0.05, 0) is 59.0 Å². The number of aromatic nitrogens is 3. The number of aryl methyl sites for hydroxylation is 1. The summed E-state index contributed by atoms with van der Waals surface area (Å²) in [5, 5.41) is 47.0. The first kappa shape index (κ1) is 66.1. The molecule has 468 valence electrons. The molecule has 4 aromatic carbocycles. The van der Waals surface area contributed by atoms with Gasteiger partial charge in [0.1, 0.15) is 29.4 Å². The van der Waals surface area contributed by atoms with Crippen molar-refractivity contribution in [2.75, 3.05) is 68.7 Å². The minimum Gasteiger partial charge on any atom is -0.479 e. The molecule has 2 aliphatic heterocycles. The normalized spacial score (nSPS) is 17.4. The Morgan fingerprint density at radius 2 is 1.46 bits per heavy atom. The summed E-state index contributed by atoms with van der Waals surface area (Å²) in [6, 6.07) is 14.6. The fourth-order valence-corrected chi connectivity index (χ4v) is 9.42. The molecule has 0 saturated carbocycles. The second-order valence-electron chi connectivity index (χ2n) is 19.7. The number of carboxylic acid groups (broad SMARTS) is 1. The van der Waals surface area contributed by atoms with E-state index in [1.807, 2.05) is 16.8 Å². The molecule has 0 spiro atoms. The Morgan fingerprint density at radius 3 is 2.14 bits per heavy atom. The first-order chi connectivity index (χ1) is 40.9. The van der Waals surface area contributed by atoms with Crippen LogP contribution >= 0.6 is 0 Å². The zero-order chi connectivity index (χ0) is 62.1. The maximum atomic E-state index is 13.7. The van der Waals surface area contributed by atoms with Gasteiger partial charge in [-0.25, -0.2) is 22.5 Å². The number of anilines is 3. The molecule has 3 amide bonds. The van der Waals surface area contributed by atoms with E-state index < -0.39 is 107 Å². The number of rotatable bonds is 25. The predicted molar refractivity (Wildman–Crippen MR) is 289 cm³/mol. The third-order valence-electron chi connectivity index (χ3n) is 13.7. The van der Waals surface area contributed by atoms with E-state index in [9.17, 15) is 79.5 Å². The van der Waals surface area contributed by atoms with Crippen molar-refractivity contribution in [1.29, 1.82) is 0 Å². The molecule has 0 unspecified atom stereocenters. The Kier molecular flexibility index (Phi) is 21.9. The van der Waals surface area contributed by atoms with Crippen LogP contribution < -0.4 is 35.3 Å². The lowest BCUT2D eigenvalue weighted by Crippen LogP contribution is -2.61. The number of halogens is 8. The van der Waals surface area contributed by atoms with E-state index in [2.05, 4.69) is 20.4 Å². The number of aliphatic hydroxyl groups is 3. The number of alkyl halides is 3. The number of nitrogens with two attached hydrogens (primary N) is 1. The van der Waals surface area contributed by atoms with E-state index in [-0.39, 0.29) is 108 Å². The lowest BCUT2D eigenvalue weighted by molar-refractivity contribution is -0.667. The molecule has 5 atom stereocenters. The third kappa shape index (κ3) is 15.8. The molecule has 2 aliphatic rings. The second-order valence-corrected chi connectivity index (χ2v) is 19.7. The molecule has 1 fully saturated rings. The van der Waals surface area contributed by atoms with Crippen LogP contribution in [0.2, 0.25) is 0 Å². The summed E-state index contributed by atoms with van der Waals surface area (Å²) >= 11 is 0. The van der Waals surface area contributed by atoms with Crippen LogP contribution in [0.1, 0.15) is 41.5 Å². The van der Waals surface area contributed by atoms with Crippen molar-refractivity contribution >= 4 is 57.9 Å². The molecule has 0 bridgehead atoms. The fraction of sp³-hybridized carbons (Fsp3) is 0.368. The number of fused-ring (bicyclic) bond motifs is 2. The zero-order valence-electron chi connectivity index (χ0n) is 46.4. The van der Waals surface area contributed by atoms with E-state index in [0.29, 0.717) is 40.8 Å². The smallest absolute Gasteiger partial charge is 0.416 e. The van der Waals surface area contributed by atoms with Crippen molar-refractivity contribution in [1.82, 2.24) is 14.9 Å². The molecule has 30 heteroatoms. The van der Waals surface area contributed by atoms with Gasteiger partial charge in [0.25, 0.3) is 0 Å². The molecule has 2 aromatic heterocycles. The number of nitrogens with one attached hydrogen (secondary N) is 2. The van der Waals surface area contributed by atoms with Gasteiger partial charge in [0.15, 0.2) is 6.10 Å². The lowest BCUT2D eigenvalue weighted by Gasteiger charge is -2.38. The second kappa shape index (κ2) is 28.9. The van der Waals surface area contributed by atoms with Crippen LogP contribution in [-0.4, -0.2) is 143 Å². The number of carbonyl (C=O) groups excluding carboxylic acids is 4. The number of aliphatic hydroxyl groups excluding tert-OH is 3. The van der Waals surface area contributed by atoms with Crippen molar-refractivity contribution in [2.45, 2.75) is 75.5 Å². The van der Waals surface area contributed by atoms with Crippen LogP contribution in [0.4, 0.5) is 52.3 Å². The van der Waals surface area contributed by atoms with Gasteiger partial charge in [0, 0.05) is 37.2 Å². The Hall–Kier alpha value is -8.39. The minimum atomic E-state index is -4.56. The lowest BCUT2D eigenvalue weighted by atomic mass is 9.99. The Labute approximate surface area is 489 Å². The van der Waals surface area contributed by atoms with Gasteiger partial charge in [-0.1, -0.05) is 35.3 Å². The molecule has 87 heavy (non-hydrogen) atoms. The maximum Gasteiger partial charge on any atom is 0.416 e. The van der Waals surface area contributed by atoms with Gasteiger partial charge in [-0.2, -0.15) is 22.0 Å². The highest BCUT2D eigenvalue weighted by Gasteiger charge is 2.48. The summed E-state index contributed by atoms with van der Waals surface area (Å²) in [6.45, 7) is -0.123. The quantitative estimate of drug-likeness (QED) is 0.00602. The summed E-state index contributed by atoms with van der Waals surface area (Å²) in [4.78, 5) is 69.2. The summed E-state index contributed by atoms with van der Waals surface area (Å²) in [6.07, 6.45) is -11.8. The van der Waals surface area contributed by atoms with E-state index in [0.717, 1.165) is 23.3 Å². The van der Waals surface area contributed by atoms with Crippen LogP contribution in [0.15, 0.2) is 73.2 Å². The highest BCUT2D eigenvalue weighted by molar-refractivity contribution is 6.01. The predicted octanol–water partition coefficient (Wildman–Crippen LogP) is 4.61. The Bertz CT molecular complexity index is 3490. The molecular weight excluding hydrogens is 1170 g/mol. The van der Waals surface area contributed by atoms with Crippen LogP contribution in [0, 0.1) is 36.5 Å². The number of aliphatic carboxylic acids is 1. The van der Waals surface area contributed by atoms with Gasteiger partial charge in [0.2, 0.25) is 76.6 Å². The molecular formula is C57H59F8N7O15. The number of esters is 1. The molecule has 6 aromatic rings. The molecule has 8 rings (SSSR count). The van der Waals surface area contributed by atoms with Crippen molar-refractivity contribution in [3.63, 3.8) is 0 Å². The maximum absolute atomic E-state index is 13.7. The largest absolute Gasteiger partial charge is 0.479 e. The molecule has 22 nitrogen and oxygen atoms in total. The van der Waals surface area contributed by atoms with E-state index in [1.165, 1.54) is 30.6 Å². The number of hydrogen-bond acceptors (Lipinski definition) is 16. The number of nitrogen functional groups attached to an aromatic ring is 1. The van der Waals surface area contributed by atoms with Crippen molar-refractivity contribution in [3.05, 3.63) is 132 Å². The molecule has 1 saturated heterocycles. The number of carbonyl (C=O) groups is 5. The summed E-state index contributed by atoms with van der Waals surface area (Å²) in [5.41, 5.74) is 9.92. The minimum absolute atomic E-state index is 0. The van der Waals surface area contributed by atoms with Crippen LogP contribution in [0.25, 0.3) is 22.2 Å². The van der Waals surface area contributed by atoms with E-state index >= 15 is 0 Å². The molecule has 8 N–H and O–H groups in total. The van der Waals surface area contributed by atoms with Crippen LogP contribution in [-0.2, 0) is 75.5 Å². The van der Waals surface area contributed by atoms with E-state index in [1.54, 1.807) is 34.7 Å². The highest BCUT2D eigenvalue weighted by atomic mass is 19.4. The third-order valence-corrected chi connectivity index (χ3v) is 13.7. The SMILES string of the molecule is Cn1cc(-c2ccc3c(c2)CCN3C(=O)Cc2cccc(C(F)(F)F)c2)c2c(N)nc[n+](Cc3ccc(O[C@@H]4O[C@H](C(=O)O)[C@@H](O)[C@H](O)[C@H]4O)c(NC(=O)CCNC(=O)CCOCCOCCOCCC(=O)Oc4c(F)c(F)c(F)c(F)c4F)c3)c21.[CH3-]. The van der Waals surface area contributed by atoms with Gasteiger partial charge in [-0.3, -0.25) is 23.7 Å². The summed E-state index contributed by atoms with van der Waals surface area (Å²) < 4.78 is 142. The molecule has 0 aliphatic carbocycles. The van der Waals surface area contributed by atoms with Gasteiger partial charge < -0.3 is 77.5 Å². The average molecular weight is 1230 g/mol. The summed E-state index contributed by atoms with van der Waals surface area (Å²) in [7, 11) is 1.79. The monoisotopic (exact) mass is 1230 g/mol. The van der Waals surface area contributed by atoms with Crippen LogP contribution in [0.5, 0.6) is 11.5 Å². The van der Waals surface area contributed by atoms with Crippen molar-refractivity contribution in [3.8, 4) is 22.6 Å². The van der Waals surface area contributed by atoms with Gasteiger partial charge in [0.05, 0.1) is 83.5 Å². The standard InChI is InChI=1S/C56H55F8N7O15.CH3/c1-69-26-33(30-6-7-35-31(24-30)10-14-71(35)39(74)23-28-3-2-4-32(21-28)56(62,63)64)41-52(65)67-27-70(53(41)69)25-29-5-8-36(84-55-49(78)47(76)48(77)51(86-55)54(79)80)34(22-29)68-38(73)9-13-66-37(72)11-15-81-17-19-83-20-18-82-16-12-40(75)85-50-45(60)43(58)42(57)44(59)46(50)61;/h2-8,21-22,24,26-27,47-49,51,55,65,76-78H,9-20,23,25H2,1H3,(H3,66,68,72,73,79,80);1H3/q;-1/p+1/t47-,48-,49+,51-,55+;/m0./s1. The van der Waals surface area contributed by atoms with Crippen molar-refractivity contribution < 1.29 is 113 Å². The van der Waals surface area contributed by atoms with E-state index in [4.69, 9.17) is 29.4 Å². The van der Waals surface area contributed by atoms with Gasteiger partial charge in [-0.15, -0.1) is 0 Å². The topological polar surface area (TPSA) is 297 Å². The Balaban J connectivity index is 0.0000108. The van der Waals surface area contributed by atoms with Crippen molar-refractivity contribution in [2.24, 2.45) is 7.05 Å². The highest BCUT2D eigenvalue weighted by Crippen LogP contribution is 2.38. The number of hydrogen-bond donors (Lipinski definition) is 7.